The fourth-order valence-electron chi connectivity index (χ4n) is 5.02. The Bertz CT molecular complexity index is 1070. The molecule has 0 radical (unpaired) electrons. The maximum atomic E-state index is 12.8. The van der Waals surface area contributed by atoms with E-state index in [1.165, 1.54) is 12.1 Å². The van der Waals surface area contributed by atoms with Gasteiger partial charge in [-0.15, -0.1) is 0 Å². The van der Waals surface area contributed by atoms with Crippen molar-refractivity contribution in [3.63, 3.8) is 0 Å². The fraction of sp³-hybridized carbons (Fsp3) is 0.577. The van der Waals surface area contributed by atoms with Crippen LogP contribution < -0.4 is 10.0 Å². The lowest BCUT2D eigenvalue weighted by Crippen LogP contribution is -2.49. The first kappa shape index (κ1) is 28.6. The monoisotopic (exact) mass is 534 g/mol. The van der Waals surface area contributed by atoms with Crippen molar-refractivity contribution < 1.29 is 27.9 Å². The summed E-state index contributed by atoms with van der Waals surface area (Å²) in [6.07, 6.45) is 3.79. The van der Waals surface area contributed by atoms with Gasteiger partial charge in [-0.3, -0.25) is 14.4 Å². The van der Waals surface area contributed by atoms with E-state index in [4.69, 9.17) is 0 Å². The molecule has 2 heterocycles. The van der Waals surface area contributed by atoms with Crippen LogP contribution in [0.5, 0.6) is 0 Å². The average Bonchev–Trinajstić information content (AvgIpc) is 2.87. The van der Waals surface area contributed by atoms with Gasteiger partial charge in [-0.1, -0.05) is 24.8 Å². The molecule has 10 nitrogen and oxygen atoms in total. The molecule has 3 rings (SSSR count). The van der Waals surface area contributed by atoms with Gasteiger partial charge in [0, 0.05) is 51.3 Å². The van der Waals surface area contributed by atoms with E-state index in [1.807, 2.05) is 11.8 Å². The van der Waals surface area contributed by atoms with E-state index in [0.717, 1.165) is 44.5 Å². The highest BCUT2D eigenvalue weighted by atomic mass is 32.2. The minimum Gasteiger partial charge on any atom is -0.480 e. The van der Waals surface area contributed by atoms with E-state index < -0.39 is 22.0 Å². The van der Waals surface area contributed by atoms with E-state index in [2.05, 4.69) is 16.6 Å². The second-order valence-electron chi connectivity index (χ2n) is 10.1. The summed E-state index contributed by atoms with van der Waals surface area (Å²) >= 11 is 0. The van der Waals surface area contributed by atoms with E-state index in [9.17, 15) is 27.9 Å². The fourth-order valence-corrected chi connectivity index (χ4v) is 6.26. The van der Waals surface area contributed by atoms with Crippen LogP contribution in [0.2, 0.25) is 0 Å². The molecule has 2 aliphatic heterocycles. The van der Waals surface area contributed by atoms with Gasteiger partial charge in [-0.2, -0.15) is 4.72 Å². The number of carbonyl (C=O) groups excluding carboxylic acids is 2. The minimum atomic E-state index is -4.01. The van der Waals surface area contributed by atoms with Gasteiger partial charge in [-0.05, 0) is 56.6 Å². The van der Waals surface area contributed by atoms with Crippen LogP contribution in [0.15, 0.2) is 47.5 Å². The molecule has 1 aromatic rings. The number of carboxylic acids is 1. The van der Waals surface area contributed by atoms with Crippen molar-refractivity contribution >= 4 is 27.8 Å². The smallest absolute Gasteiger partial charge is 0.321 e. The first-order valence-corrected chi connectivity index (χ1v) is 14.2. The molecule has 2 saturated heterocycles. The van der Waals surface area contributed by atoms with Crippen molar-refractivity contribution in [3.8, 4) is 0 Å². The number of hydrogen-bond donors (Lipinski definition) is 3. The summed E-state index contributed by atoms with van der Waals surface area (Å²) in [4.78, 5) is 40.6. The number of amides is 2. The van der Waals surface area contributed by atoms with Crippen LogP contribution in [0, 0.1) is 5.41 Å². The Morgan fingerprint density at radius 2 is 1.49 bits per heavy atom. The number of aliphatic carboxylic acids is 1. The third-order valence-electron chi connectivity index (χ3n) is 7.42. The van der Waals surface area contributed by atoms with Gasteiger partial charge in [0.1, 0.15) is 6.04 Å². The number of piperidine rings is 2. The minimum absolute atomic E-state index is 0.0230. The second-order valence-corrected chi connectivity index (χ2v) is 11.8. The van der Waals surface area contributed by atoms with Crippen LogP contribution >= 0.6 is 0 Å². The van der Waals surface area contributed by atoms with Gasteiger partial charge >= 0.3 is 5.97 Å². The molecule has 2 aliphatic rings. The molecule has 11 heteroatoms. The molecular formula is C26H38N4O6S. The molecule has 1 unspecified atom stereocenters. The Morgan fingerprint density at radius 3 is 1.97 bits per heavy atom. The van der Waals surface area contributed by atoms with E-state index in [1.54, 1.807) is 23.1 Å². The summed E-state index contributed by atoms with van der Waals surface area (Å²) in [6.45, 7) is 8.85. The number of nitrogens with one attached hydrogen (secondary N) is 2. The molecule has 0 aromatic heterocycles. The number of benzene rings is 1. The molecule has 1 spiro atoms. The average molecular weight is 535 g/mol. The van der Waals surface area contributed by atoms with E-state index >= 15 is 0 Å². The maximum absolute atomic E-state index is 12.8. The summed E-state index contributed by atoms with van der Waals surface area (Å²) < 4.78 is 27.2. The number of nitrogens with zero attached hydrogens (tertiary/aromatic N) is 2. The number of carbonyl (C=O) groups is 3. The quantitative estimate of drug-likeness (QED) is 0.395. The largest absolute Gasteiger partial charge is 0.480 e. The molecule has 2 amide bonds. The Balaban J connectivity index is 1.44. The number of carboxylic acid groups (broad SMARTS) is 1. The Labute approximate surface area is 219 Å². The van der Waals surface area contributed by atoms with Crippen LogP contribution in [0.1, 0.15) is 51.9 Å². The Morgan fingerprint density at radius 1 is 0.973 bits per heavy atom. The highest BCUT2D eigenvalue weighted by Crippen LogP contribution is 2.41. The van der Waals surface area contributed by atoms with Crippen molar-refractivity contribution in [2.75, 3.05) is 32.7 Å². The number of hydrogen-bond acceptors (Lipinski definition) is 6. The maximum Gasteiger partial charge on any atom is 0.321 e. The van der Waals surface area contributed by atoms with Gasteiger partial charge in [0.05, 0.1) is 4.90 Å². The molecule has 3 N–H and O–H groups in total. The van der Waals surface area contributed by atoms with Crippen molar-refractivity contribution in [1.29, 1.82) is 0 Å². The first-order chi connectivity index (χ1) is 17.5. The lowest BCUT2D eigenvalue weighted by molar-refractivity contribution is -0.139. The molecule has 1 atom stereocenters. The highest BCUT2D eigenvalue weighted by molar-refractivity contribution is 7.89. The van der Waals surface area contributed by atoms with Crippen LogP contribution in [-0.4, -0.2) is 79.9 Å². The predicted molar refractivity (Wildman–Crippen MR) is 139 cm³/mol. The molecule has 204 valence electrons. The Hall–Kier alpha value is -2.92. The molecule has 2 fully saturated rings. The van der Waals surface area contributed by atoms with Gasteiger partial charge in [0.15, 0.2) is 0 Å². The first-order valence-electron chi connectivity index (χ1n) is 12.8. The predicted octanol–water partition coefficient (Wildman–Crippen LogP) is 1.94. The number of sulfonamides is 1. The normalized spacial score (nSPS) is 18.3. The van der Waals surface area contributed by atoms with E-state index in [0.29, 0.717) is 26.1 Å². The zero-order valence-corrected chi connectivity index (χ0v) is 22.3. The Kier molecular flexibility index (Phi) is 9.72. The zero-order chi connectivity index (χ0) is 27.1. The van der Waals surface area contributed by atoms with Gasteiger partial charge < -0.3 is 20.2 Å². The number of likely N-dealkylation sites (tertiary alicyclic amines) is 2. The van der Waals surface area contributed by atoms with Gasteiger partial charge in [0.2, 0.25) is 21.8 Å². The summed E-state index contributed by atoms with van der Waals surface area (Å²) in [5, 5.41) is 12.6. The third-order valence-corrected chi connectivity index (χ3v) is 8.90. The second kappa shape index (κ2) is 12.6. The molecule has 0 saturated carbocycles. The lowest BCUT2D eigenvalue weighted by Gasteiger charge is -2.47. The summed E-state index contributed by atoms with van der Waals surface area (Å²) in [5.74, 6) is -1.34. The van der Waals surface area contributed by atoms with Crippen molar-refractivity contribution in [3.05, 3.63) is 42.6 Å². The third kappa shape index (κ3) is 8.03. The summed E-state index contributed by atoms with van der Waals surface area (Å²) in [5.41, 5.74) is 0.969. The molecule has 37 heavy (non-hydrogen) atoms. The number of rotatable bonds is 11. The summed E-state index contributed by atoms with van der Waals surface area (Å²) in [6, 6.07) is 6.16. The van der Waals surface area contributed by atoms with Crippen molar-refractivity contribution in [2.45, 2.75) is 62.8 Å². The molecule has 0 aliphatic carbocycles. The van der Waals surface area contributed by atoms with E-state index in [-0.39, 0.29) is 35.0 Å². The van der Waals surface area contributed by atoms with Gasteiger partial charge in [0.25, 0.3) is 0 Å². The zero-order valence-electron chi connectivity index (χ0n) is 21.4. The van der Waals surface area contributed by atoms with Gasteiger partial charge in [-0.25, -0.2) is 8.42 Å². The van der Waals surface area contributed by atoms with Crippen LogP contribution in [-0.2, 0) is 24.4 Å². The standard InChI is InChI=1S/C26H38N4O6S/c1-20(2)27-15-10-24(32)30-18-13-26(14-19-30)11-16-29(17-12-26)23(31)9-8-22(25(33)34)28-37(35,36)21-6-4-3-5-7-21/h3-7,22,27-28H,1,8-19H2,2H3,(H,33,34). The SMILES string of the molecule is C=C(C)NCCC(=O)N1CCC2(CC1)CCN(C(=O)CCC(NS(=O)(=O)c1ccccc1)C(=O)O)CC2. The molecule has 0 bridgehead atoms. The van der Waals surface area contributed by atoms with Crippen LogP contribution in [0.4, 0.5) is 0 Å². The van der Waals surface area contributed by atoms with Crippen LogP contribution in [0.25, 0.3) is 0 Å². The highest BCUT2D eigenvalue weighted by Gasteiger charge is 2.39. The number of allylic oxidation sites excluding steroid dienone is 1. The van der Waals surface area contributed by atoms with Crippen molar-refractivity contribution in [2.24, 2.45) is 5.41 Å². The van der Waals surface area contributed by atoms with Crippen molar-refractivity contribution in [1.82, 2.24) is 19.8 Å². The molecule has 1 aromatic carbocycles. The van der Waals surface area contributed by atoms with Crippen LogP contribution in [0.3, 0.4) is 0 Å². The summed E-state index contributed by atoms with van der Waals surface area (Å²) in [7, 11) is -4.01. The molecular weight excluding hydrogens is 496 g/mol. The topological polar surface area (TPSA) is 136 Å². The lowest BCUT2D eigenvalue weighted by atomic mass is 9.71.